The molecule has 0 atom stereocenters. The number of amides is 2. The molecule has 0 unspecified atom stereocenters. The minimum atomic E-state index is -0.447. The smallest absolute Gasteiger partial charge is 0.271 e. The summed E-state index contributed by atoms with van der Waals surface area (Å²) in [6.45, 7) is 0. The van der Waals surface area contributed by atoms with E-state index in [0.29, 0.717) is 27.4 Å². The first-order valence-electron chi connectivity index (χ1n) is 8.27. The fourth-order valence-corrected chi connectivity index (χ4v) is 2.54. The summed E-state index contributed by atoms with van der Waals surface area (Å²) < 4.78 is 12.9. The number of benzene rings is 3. The highest BCUT2D eigenvalue weighted by molar-refractivity contribution is 6.31. The van der Waals surface area contributed by atoms with Crippen LogP contribution in [0.5, 0.6) is 0 Å². The van der Waals surface area contributed by atoms with E-state index in [9.17, 15) is 14.0 Å². The summed E-state index contributed by atoms with van der Waals surface area (Å²) in [6, 6.07) is 18.7. The van der Waals surface area contributed by atoms with Gasteiger partial charge in [-0.3, -0.25) is 9.59 Å². The highest BCUT2D eigenvalue weighted by Gasteiger charge is 2.09. The molecule has 7 heteroatoms. The summed E-state index contributed by atoms with van der Waals surface area (Å²) in [5.74, 6) is -1.13. The molecule has 3 aromatic carbocycles. The number of hydrogen-bond acceptors (Lipinski definition) is 3. The average Bonchev–Trinajstić information content (AvgIpc) is 2.69. The molecule has 2 amide bonds. The average molecular weight is 396 g/mol. The Labute approximate surface area is 165 Å². The fraction of sp³-hybridized carbons (Fsp3) is 0. The van der Waals surface area contributed by atoms with E-state index < -0.39 is 5.91 Å². The summed E-state index contributed by atoms with van der Waals surface area (Å²) >= 11 is 5.89. The largest absolute Gasteiger partial charge is 0.322 e. The zero-order valence-electron chi connectivity index (χ0n) is 14.5. The van der Waals surface area contributed by atoms with Crippen LogP contribution in [-0.2, 0) is 0 Å². The molecule has 0 bridgehead atoms. The van der Waals surface area contributed by atoms with Crippen molar-refractivity contribution >= 4 is 35.3 Å². The van der Waals surface area contributed by atoms with Gasteiger partial charge in [-0.15, -0.1) is 0 Å². The molecule has 28 heavy (non-hydrogen) atoms. The van der Waals surface area contributed by atoms with Crippen LogP contribution >= 0.6 is 11.6 Å². The van der Waals surface area contributed by atoms with Crippen molar-refractivity contribution in [1.29, 1.82) is 0 Å². The van der Waals surface area contributed by atoms with E-state index in [0.717, 1.165) is 0 Å². The Kier molecular flexibility index (Phi) is 6.14. The third-order valence-electron chi connectivity index (χ3n) is 3.72. The molecule has 0 aromatic heterocycles. The first-order chi connectivity index (χ1) is 13.5. The van der Waals surface area contributed by atoms with Gasteiger partial charge in [0.05, 0.1) is 6.21 Å². The third kappa shape index (κ3) is 5.25. The van der Waals surface area contributed by atoms with E-state index in [2.05, 4.69) is 15.8 Å². The van der Waals surface area contributed by atoms with Gasteiger partial charge in [0.15, 0.2) is 0 Å². The fourth-order valence-electron chi connectivity index (χ4n) is 2.35. The Balaban J connectivity index is 1.64. The third-order valence-corrected chi connectivity index (χ3v) is 3.95. The summed E-state index contributed by atoms with van der Waals surface area (Å²) in [7, 11) is 0. The van der Waals surface area contributed by atoms with Gasteiger partial charge in [-0.1, -0.05) is 35.9 Å². The second kappa shape index (κ2) is 8.92. The lowest BCUT2D eigenvalue weighted by Gasteiger charge is -2.07. The van der Waals surface area contributed by atoms with Gasteiger partial charge in [0.1, 0.15) is 5.82 Å². The Bertz CT molecular complexity index is 1040. The second-order valence-electron chi connectivity index (χ2n) is 5.80. The molecular weight excluding hydrogens is 381 g/mol. The van der Waals surface area contributed by atoms with Crippen molar-refractivity contribution < 1.29 is 14.0 Å². The maximum absolute atomic E-state index is 12.9. The molecule has 0 aliphatic heterocycles. The number of hydrogen-bond donors (Lipinski definition) is 2. The van der Waals surface area contributed by atoms with Crippen molar-refractivity contribution in [2.24, 2.45) is 5.10 Å². The van der Waals surface area contributed by atoms with Crippen molar-refractivity contribution in [3.05, 3.63) is 100 Å². The van der Waals surface area contributed by atoms with E-state index in [1.165, 1.54) is 36.5 Å². The van der Waals surface area contributed by atoms with E-state index in [4.69, 9.17) is 11.6 Å². The molecule has 5 nitrogen and oxygen atoms in total. The highest BCUT2D eigenvalue weighted by atomic mass is 35.5. The number of carbonyl (C=O) groups excluding carboxylic acids is 2. The predicted molar refractivity (Wildman–Crippen MR) is 107 cm³/mol. The highest BCUT2D eigenvalue weighted by Crippen LogP contribution is 2.15. The molecule has 0 radical (unpaired) electrons. The molecule has 0 fully saturated rings. The second-order valence-corrected chi connectivity index (χ2v) is 6.23. The van der Waals surface area contributed by atoms with Crippen molar-refractivity contribution in [3.8, 4) is 0 Å². The molecule has 140 valence electrons. The van der Waals surface area contributed by atoms with Crippen molar-refractivity contribution in [3.63, 3.8) is 0 Å². The van der Waals surface area contributed by atoms with Gasteiger partial charge < -0.3 is 5.32 Å². The number of carbonyl (C=O) groups is 2. The molecule has 2 N–H and O–H groups in total. The minimum Gasteiger partial charge on any atom is -0.322 e. The first kappa shape index (κ1) is 19.3. The van der Waals surface area contributed by atoms with Crippen LogP contribution in [0.1, 0.15) is 26.3 Å². The van der Waals surface area contributed by atoms with Gasteiger partial charge >= 0.3 is 0 Å². The Morgan fingerprint density at radius 1 is 0.893 bits per heavy atom. The van der Waals surface area contributed by atoms with Crippen LogP contribution in [0.3, 0.4) is 0 Å². The lowest BCUT2D eigenvalue weighted by Crippen LogP contribution is -2.18. The summed E-state index contributed by atoms with van der Waals surface area (Å²) in [6.07, 6.45) is 1.40. The number of anilines is 1. The van der Waals surface area contributed by atoms with Crippen LogP contribution in [0.15, 0.2) is 77.9 Å². The van der Waals surface area contributed by atoms with Crippen LogP contribution in [-0.4, -0.2) is 18.0 Å². The number of hydrazone groups is 1. The van der Waals surface area contributed by atoms with E-state index in [1.54, 1.807) is 42.5 Å². The maximum atomic E-state index is 12.9. The molecule has 0 spiro atoms. The molecule has 0 aliphatic rings. The summed E-state index contributed by atoms with van der Waals surface area (Å²) in [5.41, 5.74) is 4.22. The number of nitrogens with one attached hydrogen (secondary N) is 2. The van der Waals surface area contributed by atoms with Crippen LogP contribution < -0.4 is 10.7 Å². The minimum absolute atomic E-state index is 0.320. The summed E-state index contributed by atoms with van der Waals surface area (Å²) in [4.78, 5) is 24.5. The zero-order valence-corrected chi connectivity index (χ0v) is 15.3. The first-order valence-corrected chi connectivity index (χ1v) is 8.65. The predicted octanol–water partition coefficient (Wildman–Crippen LogP) is 4.50. The maximum Gasteiger partial charge on any atom is 0.271 e. The monoisotopic (exact) mass is 395 g/mol. The van der Waals surface area contributed by atoms with Crippen molar-refractivity contribution in [1.82, 2.24) is 5.43 Å². The van der Waals surface area contributed by atoms with Crippen LogP contribution in [0, 0.1) is 5.82 Å². The molecule has 0 aliphatic carbocycles. The van der Waals surface area contributed by atoms with Crippen LogP contribution in [0.2, 0.25) is 5.02 Å². The van der Waals surface area contributed by atoms with E-state index >= 15 is 0 Å². The molecule has 0 saturated carbocycles. The molecule has 3 aromatic rings. The van der Waals surface area contributed by atoms with Gasteiger partial charge in [-0.25, -0.2) is 9.82 Å². The van der Waals surface area contributed by atoms with Gasteiger partial charge in [0.2, 0.25) is 0 Å². The van der Waals surface area contributed by atoms with E-state index in [1.807, 2.05) is 0 Å². The Morgan fingerprint density at radius 3 is 2.29 bits per heavy atom. The van der Waals surface area contributed by atoms with Crippen molar-refractivity contribution in [2.75, 3.05) is 5.32 Å². The molecular formula is C21H15ClFN3O2. The van der Waals surface area contributed by atoms with Crippen molar-refractivity contribution in [2.45, 2.75) is 0 Å². The van der Waals surface area contributed by atoms with Gasteiger partial charge in [0, 0.05) is 21.8 Å². The molecule has 0 heterocycles. The standard InChI is InChI=1S/C21H15ClFN3O2/c22-17-5-1-3-15(11-17)20(27)25-19-6-2-4-16(12-19)21(28)26-24-13-14-7-9-18(23)10-8-14/h1-13H,(H,25,27)(H,26,28). The molecule has 0 saturated heterocycles. The SMILES string of the molecule is O=C(NN=Cc1ccc(F)cc1)c1cccc(NC(=O)c2cccc(Cl)c2)c1. The normalized spacial score (nSPS) is 10.6. The summed E-state index contributed by atoms with van der Waals surface area (Å²) in [5, 5.41) is 7.02. The lowest BCUT2D eigenvalue weighted by atomic mass is 10.1. The number of halogens is 2. The number of rotatable bonds is 5. The van der Waals surface area contributed by atoms with Gasteiger partial charge in [-0.05, 0) is 54.1 Å². The Morgan fingerprint density at radius 2 is 1.57 bits per heavy atom. The molecule has 3 rings (SSSR count). The van der Waals surface area contributed by atoms with Crippen LogP contribution in [0.25, 0.3) is 0 Å². The van der Waals surface area contributed by atoms with Gasteiger partial charge in [0.25, 0.3) is 11.8 Å². The van der Waals surface area contributed by atoms with E-state index in [-0.39, 0.29) is 11.7 Å². The topological polar surface area (TPSA) is 70.6 Å². The Hall–Kier alpha value is -3.51. The zero-order chi connectivity index (χ0) is 19.9. The van der Waals surface area contributed by atoms with Gasteiger partial charge in [-0.2, -0.15) is 5.10 Å². The lowest BCUT2D eigenvalue weighted by molar-refractivity contribution is 0.0953. The van der Waals surface area contributed by atoms with Crippen LogP contribution in [0.4, 0.5) is 10.1 Å². The number of nitrogens with zero attached hydrogens (tertiary/aromatic N) is 1. The quantitative estimate of drug-likeness (QED) is 0.493.